The molecule has 0 bridgehead atoms. The molecule has 0 saturated heterocycles. The first-order valence-electron chi connectivity index (χ1n) is 6.38. The molecule has 1 aromatic rings. The van der Waals surface area contributed by atoms with Crippen LogP contribution in [0, 0.1) is 0 Å². The average molecular weight is 318 g/mol. The average Bonchev–Trinajstić information content (AvgIpc) is 3.20. The molecule has 7 heteroatoms. The molecule has 20 heavy (non-hydrogen) atoms. The third kappa shape index (κ3) is 3.31. The Morgan fingerprint density at radius 2 is 2.05 bits per heavy atom. The molecular weight excluding hydrogens is 302 g/mol. The molecule has 0 aromatic heterocycles. The van der Waals surface area contributed by atoms with E-state index >= 15 is 0 Å². The van der Waals surface area contributed by atoms with Gasteiger partial charge in [0.25, 0.3) is 0 Å². The van der Waals surface area contributed by atoms with Crippen molar-refractivity contribution in [1.29, 1.82) is 0 Å². The Hall–Kier alpha value is -1.11. The minimum absolute atomic E-state index is 0.0258. The lowest BCUT2D eigenvalue weighted by molar-refractivity contribution is -0.143. The predicted molar refractivity (Wildman–Crippen MR) is 75.0 cm³/mol. The molecule has 0 heterocycles. The molecule has 2 rings (SSSR count). The quantitative estimate of drug-likeness (QED) is 0.753. The topological polar surface area (TPSA) is 63.7 Å². The molecular formula is C13H16ClNO4S. The van der Waals surface area contributed by atoms with Gasteiger partial charge in [-0.05, 0) is 31.9 Å². The number of halogens is 1. The Labute approximate surface area is 123 Å². The van der Waals surface area contributed by atoms with Crippen LogP contribution >= 0.6 is 11.6 Å². The fraction of sp³-hybridized carbons (Fsp3) is 0.462. The van der Waals surface area contributed by atoms with Gasteiger partial charge in [-0.2, -0.15) is 4.31 Å². The van der Waals surface area contributed by atoms with Crippen LogP contribution in [0.2, 0.25) is 5.02 Å². The number of ether oxygens (including phenoxy) is 1. The summed E-state index contributed by atoms with van der Waals surface area (Å²) in [6.45, 7) is 1.64. The van der Waals surface area contributed by atoms with Gasteiger partial charge in [-0.3, -0.25) is 4.79 Å². The van der Waals surface area contributed by atoms with Crippen molar-refractivity contribution in [2.45, 2.75) is 30.7 Å². The highest BCUT2D eigenvalue weighted by Crippen LogP contribution is 2.33. The number of nitrogens with zero attached hydrogens (tertiary/aromatic N) is 1. The third-order valence-electron chi connectivity index (χ3n) is 2.97. The van der Waals surface area contributed by atoms with E-state index in [1.54, 1.807) is 19.1 Å². The molecule has 1 aliphatic rings. The van der Waals surface area contributed by atoms with E-state index in [1.807, 2.05) is 0 Å². The summed E-state index contributed by atoms with van der Waals surface area (Å²) in [4.78, 5) is 11.6. The smallest absolute Gasteiger partial charge is 0.321 e. The third-order valence-corrected chi connectivity index (χ3v) is 5.37. The summed E-state index contributed by atoms with van der Waals surface area (Å²) in [6, 6.07) is 6.09. The van der Waals surface area contributed by atoms with E-state index in [4.69, 9.17) is 16.3 Å². The summed E-state index contributed by atoms with van der Waals surface area (Å²) < 4.78 is 31.2. The number of esters is 1. The first kappa shape index (κ1) is 15.3. The van der Waals surface area contributed by atoms with E-state index in [2.05, 4.69) is 0 Å². The standard InChI is InChI=1S/C13H16ClNO4S/c1-2-19-13(16)9-15(10-7-8-10)20(17,18)12-6-4-3-5-11(12)14/h3-6,10H,2,7-9H2,1H3. The number of hydrogen-bond acceptors (Lipinski definition) is 4. The largest absolute Gasteiger partial charge is 0.465 e. The second-order valence-electron chi connectivity index (χ2n) is 4.52. The van der Waals surface area contributed by atoms with Gasteiger partial charge in [0.2, 0.25) is 10.0 Å². The zero-order chi connectivity index (χ0) is 14.8. The van der Waals surface area contributed by atoms with Crippen LogP contribution in [0.3, 0.4) is 0 Å². The van der Waals surface area contributed by atoms with E-state index in [0.717, 1.165) is 12.8 Å². The van der Waals surface area contributed by atoms with Gasteiger partial charge in [0, 0.05) is 6.04 Å². The molecule has 1 aromatic carbocycles. The maximum atomic E-state index is 12.6. The molecule has 0 radical (unpaired) electrons. The highest BCUT2D eigenvalue weighted by atomic mass is 35.5. The molecule has 1 aliphatic carbocycles. The predicted octanol–water partition coefficient (Wildman–Crippen LogP) is 2.06. The Morgan fingerprint density at radius 3 is 2.60 bits per heavy atom. The van der Waals surface area contributed by atoms with E-state index in [-0.39, 0.29) is 29.1 Å². The summed E-state index contributed by atoms with van der Waals surface area (Å²) in [5.74, 6) is -0.546. The normalized spacial score (nSPS) is 15.3. The summed E-state index contributed by atoms with van der Waals surface area (Å²) in [5.41, 5.74) is 0. The Kier molecular flexibility index (Phi) is 4.67. The molecule has 0 N–H and O–H groups in total. The maximum absolute atomic E-state index is 12.6. The van der Waals surface area contributed by atoms with Crippen LogP contribution in [-0.4, -0.2) is 37.9 Å². The van der Waals surface area contributed by atoms with Gasteiger partial charge in [0.15, 0.2) is 0 Å². The molecule has 5 nitrogen and oxygen atoms in total. The minimum atomic E-state index is -3.78. The number of rotatable bonds is 6. The highest BCUT2D eigenvalue weighted by Gasteiger charge is 2.40. The van der Waals surface area contributed by atoms with Gasteiger partial charge in [-0.15, -0.1) is 0 Å². The zero-order valence-corrected chi connectivity index (χ0v) is 12.7. The fourth-order valence-corrected chi connectivity index (χ4v) is 4.01. The van der Waals surface area contributed by atoms with Crippen molar-refractivity contribution in [1.82, 2.24) is 4.31 Å². The van der Waals surface area contributed by atoms with Crippen molar-refractivity contribution in [2.24, 2.45) is 0 Å². The highest BCUT2D eigenvalue weighted by molar-refractivity contribution is 7.89. The van der Waals surface area contributed by atoms with Crippen LogP contribution in [0.25, 0.3) is 0 Å². The van der Waals surface area contributed by atoms with Crippen molar-refractivity contribution < 1.29 is 17.9 Å². The van der Waals surface area contributed by atoms with Gasteiger partial charge < -0.3 is 4.74 Å². The van der Waals surface area contributed by atoms with Crippen molar-refractivity contribution >= 4 is 27.6 Å². The van der Waals surface area contributed by atoms with Gasteiger partial charge in [-0.25, -0.2) is 8.42 Å². The van der Waals surface area contributed by atoms with E-state index < -0.39 is 16.0 Å². The van der Waals surface area contributed by atoms with Crippen LogP contribution in [0.4, 0.5) is 0 Å². The Morgan fingerprint density at radius 1 is 1.40 bits per heavy atom. The molecule has 1 fully saturated rings. The van der Waals surface area contributed by atoms with E-state index in [0.29, 0.717) is 0 Å². The summed E-state index contributed by atoms with van der Waals surface area (Å²) in [6.07, 6.45) is 1.51. The summed E-state index contributed by atoms with van der Waals surface area (Å²) in [5, 5.41) is 0.155. The fourth-order valence-electron chi connectivity index (χ4n) is 1.89. The molecule has 1 saturated carbocycles. The number of benzene rings is 1. The minimum Gasteiger partial charge on any atom is -0.465 e. The Balaban J connectivity index is 2.29. The summed E-state index contributed by atoms with van der Waals surface area (Å²) in [7, 11) is -3.78. The first-order valence-corrected chi connectivity index (χ1v) is 8.20. The van der Waals surface area contributed by atoms with Crippen LogP contribution in [0.15, 0.2) is 29.2 Å². The molecule has 0 aliphatic heterocycles. The monoisotopic (exact) mass is 317 g/mol. The van der Waals surface area contributed by atoms with Crippen LogP contribution < -0.4 is 0 Å². The van der Waals surface area contributed by atoms with Gasteiger partial charge in [0.1, 0.15) is 11.4 Å². The van der Waals surface area contributed by atoms with E-state index in [9.17, 15) is 13.2 Å². The second-order valence-corrected chi connectivity index (χ2v) is 6.78. The maximum Gasteiger partial charge on any atom is 0.321 e. The molecule has 0 unspecified atom stereocenters. The number of carbonyl (C=O) groups is 1. The number of carbonyl (C=O) groups excluding carboxylic acids is 1. The SMILES string of the molecule is CCOC(=O)CN(C1CC1)S(=O)(=O)c1ccccc1Cl. The van der Waals surface area contributed by atoms with Crippen LogP contribution in [-0.2, 0) is 19.6 Å². The second kappa shape index (κ2) is 6.11. The number of sulfonamides is 1. The molecule has 0 amide bonds. The van der Waals surface area contributed by atoms with Gasteiger partial charge >= 0.3 is 5.97 Å². The Bertz CT molecular complexity index is 598. The molecule has 0 spiro atoms. The zero-order valence-electron chi connectivity index (χ0n) is 11.1. The van der Waals surface area contributed by atoms with Crippen LogP contribution in [0.1, 0.15) is 19.8 Å². The first-order chi connectivity index (χ1) is 9.46. The van der Waals surface area contributed by atoms with Crippen molar-refractivity contribution in [3.8, 4) is 0 Å². The number of hydrogen-bond donors (Lipinski definition) is 0. The van der Waals surface area contributed by atoms with E-state index in [1.165, 1.54) is 16.4 Å². The molecule has 0 atom stereocenters. The lowest BCUT2D eigenvalue weighted by atomic mass is 10.4. The van der Waals surface area contributed by atoms with Crippen molar-refractivity contribution in [2.75, 3.05) is 13.2 Å². The van der Waals surface area contributed by atoms with Gasteiger partial charge in [-0.1, -0.05) is 23.7 Å². The van der Waals surface area contributed by atoms with Crippen molar-refractivity contribution in [3.05, 3.63) is 29.3 Å². The lowest BCUT2D eigenvalue weighted by Crippen LogP contribution is -2.38. The lowest BCUT2D eigenvalue weighted by Gasteiger charge is -2.21. The summed E-state index contributed by atoms with van der Waals surface area (Å²) >= 11 is 5.95. The van der Waals surface area contributed by atoms with Crippen molar-refractivity contribution in [3.63, 3.8) is 0 Å². The molecule has 110 valence electrons. The van der Waals surface area contributed by atoms with Gasteiger partial charge in [0.05, 0.1) is 11.6 Å². The van der Waals surface area contributed by atoms with Crippen LogP contribution in [0.5, 0.6) is 0 Å².